The summed E-state index contributed by atoms with van der Waals surface area (Å²) in [6, 6.07) is 13.7. The summed E-state index contributed by atoms with van der Waals surface area (Å²) in [5.41, 5.74) is 1.09. The first kappa shape index (κ1) is 17.2. The number of carbonyl (C=O) groups excluding carboxylic acids is 2. The highest BCUT2D eigenvalue weighted by molar-refractivity contribution is 9.10. The average molecular weight is 376 g/mol. The molecule has 0 radical (unpaired) electrons. The molecule has 0 saturated heterocycles. The van der Waals surface area contributed by atoms with Crippen molar-refractivity contribution in [3.05, 3.63) is 58.6 Å². The zero-order chi connectivity index (χ0) is 16.8. The molecule has 1 atom stereocenters. The van der Waals surface area contributed by atoms with Crippen LogP contribution in [0, 0.1) is 5.92 Å². The van der Waals surface area contributed by atoms with E-state index in [1.165, 1.54) is 0 Å². The summed E-state index contributed by atoms with van der Waals surface area (Å²) in [4.78, 5) is 23.9. The van der Waals surface area contributed by atoms with Crippen LogP contribution < -0.4 is 10.1 Å². The number of carbonyl (C=O) groups is 2. The normalized spacial score (nSPS) is 11.6. The minimum atomic E-state index is -0.438. The molecule has 0 aliphatic heterocycles. The van der Waals surface area contributed by atoms with Gasteiger partial charge in [0.1, 0.15) is 5.75 Å². The second-order valence-electron chi connectivity index (χ2n) is 5.22. The van der Waals surface area contributed by atoms with Crippen LogP contribution in [-0.4, -0.2) is 11.9 Å². The lowest BCUT2D eigenvalue weighted by molar-refractivity contribution is -0.119. The Morgan fingerprint density at radius 3 is 2.26 bits per heavy atom. The maximum absolute atomic E-state index is 12.1. The molecule has 2 aromatic carbocycles. The van der Waals surface area contributed by atoms with E-state index in [-0.39, 0.29) is 11.8 Å². The van der Waals surface area contributed by atoms with E-state index in [0.29, 0.717) is 17.0 Å². The maximum atomic E-state index is 12.1. The molecule has 2 rings (SSSR count). The summed E-state index contributed by atoms with van der Waals surface area (Å²) in [7, 11) is 0. The number of hydrogen-bond donors (Lipinski definition) is 1. The number of anilines is 1. The van der Waals surface area contributed by atoms with Crippen molar-refractivity contribution < 1.29 is 14.3 Å². The van der Waals surface area contributed by atoms with Crippen molar-refractivity contribution in [2.24, 2.45) is 5.92 Å². The van der Waals surface area contributed by atoms with Crippen molar-refractivity contribution >= 4 is 33.5 Å². The fourth-order valence-electron chi connectivity index (χ4n) is 1.81. The summed E-state index contributed by atoms with van der Waals surface area (Å²) < 4.78 is 6.20. The minimum Gasteiger partial charge on any atom is -0.423 e. The third kappa shape index (κ3) is 4.93. The number of amides is 1. The van der Waals surface area contributed by atoms with Crippen LogP contribution >= 0.6 is 15.9 Å². The molecule has 0 spiro atoms. The zero-order valence-electron chi connectivity index (χ0n) is 13.0. The van der Waals surface area contributed by atoms with Crippen LogP contribution in [0.4, 0.5) is 5.69 Å². The van der Waals surface area contributed by atoms with Gasteiger partial charge in [0.15, 0.2) is 0 Å². The lowest BCUT2D eigenvalue weighted by Gasteiger charge is -2.10. The van der Waals surface area contributed by atoms with E-state index in [4.69, 9.17) is 4.74 Å². The van der Waals surface area contributed by atoms with Crippen LogP contribution in [0.5, 0.6) is 5.75 Å². The molecule has 0 aromatic heterocycles. The SMILES string of the molecule is CCC(C)C(=O)Nc1ccc(C(=O)Oc2ccc(Br)cc2)cc1. The molecule has 4 nitrogen and oxygen atoms in total. The van der Waals surface area contributed by atoms with Gasteiger partial charge in [-0.2, -0.15) is 0 Å². The standard InChI is InChI=1S/C18H18BrNO3/c1-3-12(2)17(21)20-15-8-4-13(5-9-15)18(22)23-16-10-6-14(19)7-11-16/h4-12H,3H2,1-2H3,(H,20,21). The highest BCUT2D eigenvalue weighted by Crippen LogP contribution is 2.18. The van der Waals surface area contributed by atoms with Crippen LogP contribution in [0.25, 0.3) is 0 Å². The fourth-order valence-corrected chi connectivity index (χ4v) is 2.07. The lowest BCUT2D eigenvalue weighted by atomic mass is 10.1. The number of halogens is 1. The molecule has 2 aromatic rings. The number of rotatable bonds is 5. The Bertz CT molecular complexity index is 680. The molecule has 0 aliphatic carbocycles. The van der Waals surface area contributed by atoms with E-state index in [2.05, 4.69) is 21.2 Å². The van der Waals surface area contributed by atoms with Gasteiger partial charge in [0.05, 0.1) is 5.56 Å². The van der Waals surface area contributed by atoms with Gasteiger partial charge in [0.25, 0.3) is 0 Å². The molecule has 0 saturated carbocycles. The van der Waals surface area contributed by atoms with Crippen molar-refractivity contribution in [1.82, 2.24) is 0 Å². The third-order valence-corrected chi connectivity index (χ3v) is 4.00. The van der Waals surface area contributed by atoms with Crippen molar-refractivity contribution in [2.75, 3.05) is 5.32 Å². The van der Waals surface area contributed by atoms with Gasteiger partial charge in [-0.15, -0.1) is 0 Å². The largest absolute Gasteiger partial charge is 0.423 e. The summed E-state index contributed by atoms with van der Waals surface area (Å²) in [6.07, 6.45) is 0.781. The van der Waals surface area contributed by atoms with E-state index in [1.807, 2.05) is 13.8 Å². The Labute approximate surface area is 144 Å². The van der Waals surface area contributed by atoms with Gasteiger partial charge >= 0.3 is 5.97 Å². The maximum Gasteiger partial charge on any atom is 0.343 e. The predicted octanol–water partition coefficient (Wildman–Crippen LogP) is 4.65. The second-order valence-corrected chi connectivity index (χ2v) is 6.14. The van der Waals surface area contributed by atoms with Gasteiger partial charge in [-0.1, -0.05) is 29.8 Å². The Morgan fingerprint density at radius 2 is 1.70 bits per heavy atom. The molecule has 1 unspecified atom stereocenters. The number of esters is 1. The molecule has 5 heteroatoms. The van der Waals surface area contributed by atoms with E-state index < -0.39 is 5.97 Å². The monoisotopic (exact) mass is 375 g/mol. The van der Waals surface area contributed by atoms with Gasteiger partial charge < -0.3 is 10.1 Å². The summed E-state index contributed by atoms with van der Waals surface area (Å²) in [5, 5.41) is 2.82. The Kier molecular flexibility index (Phi) is 5.93. The number of nitrogens with one attached hydrogen (secondary N) is 1. The number of hydrogen-bond acceptors (Lipinski definition) is 3. The van der Waals surface area contributed by atoms with Gasteiger partial charge in [-0.05, 0) is 55.0 Å². The molecular weight excluding hydrogens is 358 g/mol. The van der Waals surface area contributed by atoms with Crippen LogP contribution in [0.2, 0.25) is 0 Å². The second kappa shape index (κ2) is 7.92. The van der Waals surface area contributed by atoms with Crippen LogP contribution in [0.3, 0.4) is 0 Å². The molecule has 0 heterocycles. The van der Waals surface area contributed by atoms with Crippen molar-refractivity contribution in [2.45, 2.75) is 20.3 Å². The molecular formula is C18H18BrNO3. The minimum absolute atomic E-state index is 0.0299. The highest BCUT2D eigenvalue weighted by Gasteiger charge is 2.12. The van der Waals surface area contributed by atoms with Gasteiger partial charge in [0, 0.05) is 16.1 Å². The number of ether oxygens (including phenoxy) is 1. The first-order valence-corrected chi connectivity index (χ1v) is 8.17. The van der Waals surface area contributed by atoms with Crippen LogP contribution in [0.1, 0.15) is 30.6 Å². The quantitative estimate of drug-likeness (QED) is 0.610. The molecule has 1 amide bonds. The zero-order valence-corrected chi connectivity index (χ0v) is 14.6. The van der Waals surface area contributed by atoms with Gasteiger partial charge in [-0.3, -0.25) is 4.79 Å². The predicted molar refractivity (Wildman–Crippen MR) is 93.6 cm³/mol. The van der Waals surface area contributed by atoms with Crippen molar-refractivity contribution in [3.8, 4) is 5.75 Å². The van der Waals surface area contributed by atoms with Crippen LogP contribution in [0.15, 0.2) is 53.0 Å². The average Bonchev–Trinajstić information content (AvgIpc) is 2.56. The summed E-state index contributed by atoms with van der Waals surface area (Å²) in [5.74, 6) is -0.0331. The smallest absolute Gasteiger partial charge is 0.343 e. The van der Waals surface area contributed by atoms with Gasteiger partial charge in [-0.25, -0.2) is 4.79 Å². The van der Waals surface area contributed by atoms with Crippen LogP contribution in [-0.2, 0) is 4.79 Å². The third-order valence-electron chi connectivity index (χ3n) is 3.47. The summed E-state index contributed by atoms with van der Waals surface area (Å²) in [6.45, 7) is 3.84. The lowest BCUT2D eigenvalue weighted by Crippen LogP contribution is -2.19. The highest BCUT2D eigenvalue weighted by atomic mass is 79.9. The van der Waals surface area contributed by atoms with Gasteiger partial charge in [0.2, 0.25) is 5.91 Å². The summed E-state index contributed by atoms with van der Waals surface area (Å²) >= 11 is 3.32. The van der Waals surface area contributed by atoms with Crippen molar-refractivity contribution in [3.63, 3.8) is 0 Å². The topological polar surface area (TPSA) is 55.4 Å². The molecule has 0 fully saturated rings. The Morgan fingerprint density at radius 1 is 1.09 bits per heavy atom. The molecule has 0 bridgehead atoms. The molecule has 23 heavy (non-hydrogen) atoms. The Balaban J connectivity index is 2.00. The first-order chi connectivity index (χ1) is 11.0. The molecule has 1 N–H and O–H groups in total. The van der Waals surface area contributed by atoms with E-state index in [1.54, 1.807) is 48.5 Å². The van der Waals surface area contributed by atoms with E-state index >= 15 is 0 Å². The van der Waals surface area contributed by atoms with E-state index in [0.717, 1.165) is 10.9 Å². The van der Waals surface area contributed by atoms with E-state index in [9.17, 15) is 9.59 Å². The molecule has 0 aliphatic rings. The van der Waals surface area contributed by atoms with Crippen molar-refractivity contribution in [1.29, 1.82) is 0 Å². The fraction of sp³-hybridized carbons (Fsp3) is 0.222. The molecule has 120 valence electrons. The first-order valence-electron chi connectivity index (χ1n) is 7.38. The Hall–Kier alpha value is -2.14. The number of benzene rings is 2.